The van der Waals surface area contributed by atoms with Gasteiger partial charge in [-0.1, -0.05) is 0 Å². The summed E-state index contributed by atoms with van der Waals surface area (Å²) in [5, 5.41) is 13.9. The highest BCUT2D eigenvalue weighted by atomic mass is 16.4. The number of hydrogen-bond acceptors (Lipinski definition) is 3. The molecular formula is C10H12N2O2. The molecule has 74 valence electrons. The van der Waals surface area contributed by atoms with Gasteiger partial charge in [0.2, 0.25) is 0 Å². The van der Waals surface area contributed by atoms with E-state index in [1.54, 1.807) is 30.1 Å². The first-order chi connectivity index (χ1) is 6.68. The molecule has 0 amide bonds. The van der Waals surface area contributed by atoms with Crippen LogP contribution in [0.3, 0.4) is 0 Å². The van der Waals surface area contributed by atoms with Crippen LogP contribution in [-0.2, 0) is 7.05 Å². The van der Waals surface area contributed by atoms with E-state index in [1.807, 2.05) is 13.0 Å². The van der Waals surface area contributed by atoms with E-state index in [1.165, 1.54) is 0 Å². The van der Waals surface area contributed by atoms with E-state index in [4.69, 9.17) is 4.42 Å². The predicted octanol–water partition coefficient (Wildman–Crippen LogP) is 1.40. The maximum Gasteiger partial charge on any atom is 0.153 e. The minimum atomic E-state index is -0.740. The quantitative estimate of drug-likeness (QED) is 0.782. The Labute approximate surface area is 81.8 Å². The van der Waals surface area contributed by atoms with Crippen molar-refractivity contribution in [1.82, 2.24) is 9.78 Å². The van der Waals surface area contributed by atoms with E-state index in [-0.39, 0.29) is 0 Å². The van der Waals surface area contributed by atoms with Crippen molar-refractivity contribution in [2.24, 2.45) is 7.05 Å². The molecule has 2 heterocycles. The topological polar surface area (TPSA) is 51.2 Å². The number of aliphatic hydroxyl groups excluding tert-OH is 1. The normalized spacial score (nSPS) is 13.1. The standard InChI is InChI=1S/C10H12N2O2/c1-7-3-4-9(14-7)10(13)8-5-6-11-12(8)2/h3-6,10,13H,1-2H3. The third kappa shape index (κ3) is 1.44. The van der Waals surface area contributed by atoms with Crippen LogP contribution < -0.4 is 0 Å². The van der Waals surface area contributed by atoms with E-state index in [2.05, 4.69) is 5.10 Å². The summed E-state index contributed by atoms with van der Waals surface area (Å²) < 4.78 is 6.96. The van der Waals surface area contributed by atoms with Crippen LogP contribution in [0.15, 0.2) is 28.8 Å². The lowest BCUT2D eigenvalue weighted by atomic mass is 10.2. The maximum absolute atomic E-state index is 9.92. The lowest BCUT2D eigenvalue weighted by Gasteiger charge is -2.07. The van der Waals surface area contributed by atoms with Crippen LogP contribution in [0.4, 0.5) is 0 Å². The van der Waals surface area contributed by atoms with Gasteiger partial charge in [-0.05, 0) is 25.1 Å². The molecule has 0 aromatic carbocycles. The number of aryl methyl sites for hydroxylation is 2. The molecule has 0 fully saturated rings. The molecule has 0 saturated heterocycles. The Balaban J connectivity index is 2.33. The Morgan fingerprint density at radius 2 is 2.21 bits per heavy atom. The molecule has 0 radical (unpaired) electrons. The summed E-state index contributed by atoms with van der Waals surface area (Å²) in [6.07, 6.45) is 0.908. The molecule has 14 heavy (non-hydrogen) atoms. The zero-order valence-electron chi connectivity index (χ0n) is 8.14. The molecular weight excluding hydrogens is 180 g/mol. The van der Waals surface area contributed by atoms with Crippen molar-refractivity contribution in [3.8, 4) is 0 Å². The monoisotopic (exact) mass is 192 g/mol. The van der Waals surface area contributed by atoms with Gasteiger partial charge >= 0.3 is 0 Å². The van der Waals surface area contributed by atoms with E-state index in [0.29, 0.717) is 5.76 Å². The molecule has 4 nitrogen and oxygen atoms in total. The second-order valence-corrected chi connectivity index (χ2v) is 3.23. The highest BCUT2D eigenvalue weighted by Crippen LogP contribution is 2.22. The summed E-state index contributed by atoms with van der Waals surface area (Å²) in [6.45, 7) is 1.85. The van der Waals surface area contributed by atoms with Gasteiger partial charge < -0.3 is 9.52 Å². The molecule has 2 aromatic rings. The number of nitrogens with zero attached hydrogens (tertiary/aromatic N) is 2. The molecule has 2 rings (SSSR count). The summed E-state index contributed by atoms with van der Waals surface area (Å²) in [5.74, 6) is 1.34. The molecule has 0 bridgehead atoms. The Bertz CT molecular complexity index is 431. The fourth-order valence-corrected chi connectivity index (χ4v) is 1.40. The lowest BCUT2D eigenvalue weighted by Crippen LogP contribution is -2.05. The van der Waals surface area contributed by atoms with Gasteiger partial charge in [-0.25, -0.2) is 0 Å². The number of furan rings is 1. The van der Waals surface area contributed by atoms with Gasteiger partial charge in [0.05, 0.1) is 5.69 Å². The number of hydrogen-bond donors (Lipinski definition) is 1. The number of aromatic nitrogens is 2. The molecule has 0 aliphatic heterocycles. The van der Waals surface area contributed by atoms with Gasteiger partial charge in [-0.15, -0.1) is 0 Å². The van der Waals surface area contributed by atoms with Gasteiger partial charge in [0.1, 0.15) is 11.5 Å². The maximum atomic E-state index is 9.92. The Morgan fingerprint density at radius 1 is 1.43 bits per heavy atom. The Kier molecular flexibility index (Phi) is 2.13. The molecule has 1 unspecified atom stereocenters. The smallest absolute Gasteiger partial charge is 0.153 e. The largest absolute Gasteiger partial charge is 0.463 e. The number of aliphatic hydroxyl groups is 1. The van der Waals surface area contributed by atoms with Crippen LogP contribution in [-0.4, -0.2) is 14.9 Å². The molecule has 1 atom stereocenters. The first-order valence-corrected chi connectivity index (χ1v) is 4.41. The van der Waals surface area contributed by atoms with E-state index >= 15 is 0 Å². The molecule has 0 aliphatic rings. The van der Waals surface area contributed by atoms with Crippen molar-refractivity contribution in [3.05, 3.63) is 41.6 Å². The SMILES string of the molecule is Cc1ccc(C(O)c2ccnn2C)o1. The van der Waals surface area contributed by atoms with Crippen molar-refractivity contribution in [2.75, 3.05) is 0 Å². The summed E-state index contributed by atoms with van der Waals surface area (Å²) in [5.41, 5.74) is 0.722. The van der Waals surface area contributed by atoms with Gasteiger partial charge in [0.15, 0.2) is 6.10 Å². The summed E-state index contributed by atoms with van der Waals surface area (Å²) in [6, 6.07) is 5.37. The van der Waals surface area contributed by atoms with Gasteiger partial charge in [0, 0.05) is 13.2 Å². The summed E-state index contributed by atoms with van der Waals surface area (Å²) in [4.78, 5) is 0. The Hall–Kier alpha value is -1.55. The fraction of sp³-hybridized carbons (Fsp3) is 0.300. The van der Waals surface area contributed by atoms with Crippen LogP contribution >= 0.6 is 0 Å². The molecule has 2 aromatic heterocycles. The second kappa shape index (κ2) is 3.31. The van der Waals surface area contributed by atoms with Crippen LogP contribution in [0.5, 0.6) is 0 Å². The fourth-order valence-electron chi connectivity index (χ4n) is 1.40. The van der Waals surface area contributed by atoms with Crippen LogP contribution in [0.25, 0.3) is 0 Å². The average Bonchev–Trinajstić information content (AvgIpc) is 2.73. The molecule has 4 heteroatoms. The van der Waals surface area contributed by atoms with Gasteiger partial charge in [-0.2, -0.15) is 5.10 Å². The van der Waals surface area contributed by atoms with Crippen molar-refractivity contribution < 1.29 is 9.52 Å². The Morgan fingerprint density at radius 3 is 2.71 bits per heavy atom. The third-order valence-corrected chi connectivity index (χ3v) is 2.17. The average molecular weight is 192 g/mol. The van der Waals surface area contributed by atoms with Crippen LogP contribution in [0.1, 0.15) is 23.3 Å². The second-order valence-electron chi connectivity index (χ2n) is 3.23. The molecule has 1 N–H and O–H groups in total. The van der Waals surface area contributed by atoms with E-state index < -0.39 is 6.10 Å². The van der Waals surface area contributed by atoms with Crippen LogP contribution in [0, 0.1) is 6.92 Å². The molecule has 0 aliphatic carbocycles. The summed E-state index contributed by atoms with van der Waals surface area (Å²) >= 11 is 0. The molecule has 0 saturated carbocycles. The zero-order chi connectivity index (χ0) is 10.1. The minimum Gasteiger partial charge on any atom is -0.463 e. The van der Waals surface area contributed by atoms with Crippen molar-refractivity contribution >= 4 is 0 Å². The predicted molar refractivity (Wildman–Crippen MR) is 50.7 cm³/mol. The highest BCUT2D eigenvalue weighted by Gasteiger charge is 2.16. The first kappa shape index (κ1) is 9.02. The van der Waals surface area contributed by atoms with Gasteiger partial charge in [0.25, 0.3) is 0 Å². The summed E-state index contributed by atoms with van der Waals surface area (Å²) in [7, 11) is 1.79. The van der Waals surface area contributed by atoms with E-state index in [9.17, 15) is 5.11 Å². The van der Waals surface area contributed by atoms with Crippen molar-refractivity contribution in [1.29, 1.82) is 0 Å². The molecule has 0 spiro atoms. The van der Waals surface area contributed by atoms with Gasteiger partial charge in [-0.3, -0.25) is 4.68 Å². The van der Waals surface area contributed by atoms with Crippen molar-refractivity contribution in [2.45, 2.75) is 13.0 Å². The van der Waals surface area contributed by atoms with Crippen LogP contribution in [0.2, 0.25) is 0 Å². The third-order valence-electron chi connectivity index (χ3n) is 2.17. The highest BCUT2D eigenvalue weighted by molar-refractivity contribution is 5.18. The zero-order valence-corrected chi connectivity index (χ0v) is 8.14. The minimum absolute atomic E-state index is 0.547. The van der Waals surface area contributed by atoms with Crippen molar-refractivity contribution in [3.63, 3.8) is 0 Å². The number of rotatable bonds is 2. The lowest BCUT2D eigenvalue weighted by molar-refractivity contribution is 0.178. The first-order valence-electron chi connectivity index (χ1n) is 4.41. The van der Waals surface area contributed by atoms with E-state index in [0.717, 1.165) is 11.5 Å².